The lowest BCUT2D eigenvalue weighted by atomic mass is 9.77. The van der Waals surface area contributed by atoms with E-state index >= 15 is 0 Å². The molecule has 1 aromatic carbocycles. The van der Waals surface area contributed by atoms with Crippen molar-refractivity contribution in [3.63, 3.8) is 0 Å². The molecule has 1 aliphatic heterocycles. The Bertz CT molecular complexity index is 735. The Labute approximate surface area is 133 Å². The largest absolute Gasteiger partial charge is 0.429 e. The normalized spacial score (nSPS) is 17.8. The number of aliphatic hydroxyl groups is 1. The maximum Gasteiger partial charge on any atom is 0.266 e. The van der Waals surface area contributed by atoms with Gasteiger partial charge in [-0.3, -0.25) is 4.79 Å². The van der Waals surface area contributed by atoms with Crippen LogP contribution in [0.3, 0.4) is 0 Å². The van der Waals surface area contributed by atoms with Gasteiger partial charge in [0, 0.05) is 25.3 Å². The minimum absolute atomic E-state index is 0.00635. The van der Waals surface area contributed by atoms with Gasteiger partial charge in [-0.15, -0.1) is 0 Å². The molecule has 0 radical (unpaired) electrons. The number of hydrogen-bond donors (Lipinski definition) is 2. The van der Waals surface area contributed by atoms with Gasteiger partial charge in [-0.2, -0.15) is 0 Å². The van der Waals surface area contributed by atoms with Crippen LogP contribution in [0.25, 0.3) is 11.1 Å². The lowest BCUT2D eigenvalue weighted by Gasteiger charge is -2.40. The first-order chi connectivity index (χ1) is 10.6. The van der Waals surface area contributed by atoms with E-state index in [0.29, 0.717) is 29.1 Å². The number of H-pyrrole nitrogens is 1. The van der Waals surface area contributed by atoms with Gasteiger partial charge in [-0.25, -0.2) is 0 Å². The third-order valence-corrected chi connectivity index (χ3v) is 5.05. The van der Waals surface area contributed by atoms with Crippen LogP contribution >= 0.6 is 12.2 Å². The number of aliphatic hydroxyl groups excluding tert-OH is 1. The average molecular weight is 320 g/mol. The van der Waals surface area contributed by atoms with Crippen molar-refractivity contribution >= 4 is 29.2 Å². The van der Waals surface area contributed by atoms with Crippen LogP contribution in [0.1, 0.15) is 36.5 Å². The molecule has 2 N–H and O–H groups in total. The maximum absolute atomic E-state index is 12.6. The summed E-state index contributed by atoms with van der Waals surface area (Å²) >= 11 is 4.96. The van der Waals surface area contributed by atoms with Gasteiger partial charge in [0.1, 0.15) is 0 Å². The van der Waals surface area contributed by atoms with Gasteiger partial charge in [0.15, 0.2) is 5.58 Å². The van der Waals surface area contributed by atoms with Gasteiger partial charge in [-0.1, -0.05) is 6.92 Å². The fourth-order valence-corrected chi connectivity index (χ4v) is 3.27. The highest BCUT2D eigenvalue weighted by molar-refractivity contribution is 7.71. The molecule has 0 unspecified atom stereocenters. The number of hydrogen-bond acceptors (Lipinski definition) is 4. The van der Waals surface area contributed by atoms with Crippen molar-refractivity contribution in [2.45, 2.75) is 26.2 Å². The van der Waals surface area contributed by atoms with Crippen LogP contribution in [0.15, 0.2) is 22.6 Å². The lowest BCUT2D eigenvalue weighted by Crippen LogP contribution is -2.44. The monoisotopic (exact) mass is 320 g/mol. The first-order valence-electron chi connectivity index (χ1n) is 7.60. The van der Waals surface area contributed by atoms with Crippen molar-refractivity contribution in [3.05, 3.63) is 28.6 Å². The van der Waals surface area contributed by atoms with Crippen LogP contribution in [0.4, 0.5) is 0 Å². The molecular formula is C16H20N2O3S. The van der Waals surface area contributed by atoms with E-state index in [4.69, 9.17) is 16.6 Å². The summed E-state index contributed by atoms with van der Waals surface area (Å²) in [6.45, 7) is 3.66. The lowest BCUT2D eigenvalue weighted by molar-refractivity contribution is 0.0338. The number of piperidine rings is 1. The Morgan fingerprint density at radius 2 is 2.18 bits per heavy atom. The molecule has 0 bridgehead atoms. The van der Waals surface area contributed by atoms with Crippen molar-refractivity contribution in [1.29, 1.82) is 0 Å². The number of benzene rings is 1. The molecule has 0 spiro atoms. The van der Waals surface area contributed by atoms with E-state index in [-0.39, 0.29) is 17.9 Å². The summed E-state index contributed by atoms with van der Waals surface area (Å²) in [5, 5.41) is 9.57. The quantitative estimate of drug-likeness (QED) is 0.853. The van der Waals surface area contributed by atoms with Crippen LogP contribution in [0.2, 0.25) is 0 Å². The highest BCUT2D eigenvalue weighted by atomic mass is 32.1. The predicted molar refractivity (Wildman–Crippen MR) is 86.3 cm³/mol. The highest BCUT2D eigenvalue weighted by Crippen LogP contribution is 2.34. The first-order valence-corrected chi connectivity index (χ1v) is 8.01. The second kappa shape index (κ2) is 5.85. The molecule has 3 rings (SSSR count). The number of amides is 1. The van der Waals surface area contributed by atoms with Gasteiger partial charge in [0.05, 0.1) is 5.52 Å². The zero-order valence-corrected chi connectivity index (χ0v) is 13.4. The number of fused-ring (bicyclic) bond motifs is 1. The Morgan fingerprint density at radius 1 is 1.45 bits per heavy atom. The number of carbonyl (C=O) groups is 1. The van der Waals surface area contributed by atoms with Gasteiger partial charge in [-0.05, 0) is 55.1 Å². The number of likely N-dealkylation sites (tertiary alicyclic amines) is 1. The summed E-state index contributed by atoms with van der Waals surface area (Å²) < 4.78 is 5.37. The molecule has 2 aromatic rings. The van der Waals surface area contributed by atoms with E-state index in [1.807, 2.05) is 11.0 Å². The van der Waals surface area contributed by atoms with Gasteiger partial charge >= 0.3 is 0 Å². The van der Waals surface area contributed by atoms with E-state index in [1.165, 1.54) is 0 Å². The summed E-state index contributed by atoms with van der Waals surface area (Å²) in [6.07, 6.45) is 2.64. The third-order valence-electron chi connectivity index (χ3n) is 4.86. The summed E-state index contributed by atoms with van der Waals surface area (Å²) in [4.78, 5) is 17.7. The number of oxazole rings is 1. The van der Waals surface area contributed by atoms with Crippen molar-refractivity contribution < 1.29 is 14.3 Å². The molecule has 5 nitrogen and oxygen atoms in total. The van der Waals surface area contributed by atoms with E-state index in [2.05, 4.69) is 11.9 Å². The summed E-state index contributed by atoms with van der Waals surface area (Å²) in [5.41, 5.74) is 1.99. The van der Waals surface area contributed by atoms with Crippen LogP contribution in [-0.2, 0) is 0 Å². The van der Waals surface area contributed by atoms with Crippen molar-refractivity contribution in [2.75, 3.05) is 19.7 Å². The average Bonchev–Trinajstić information content (AvgIpc) is 2.93. The van der Waals surface area contributed by atoms with Gasteiger partial charge in [0.25, 0.3) is 10.7 Å². The molecular weight excluding hydrogens is 300 g/mol. The second-order valence-corrected chi connectivity index (χ2v) is 6.40. The van der Waals surface area contributed by atoms with Crippen LogP contribution in [0, 0.1) is 10.3 Å². The van der Waals surface area contributed by atoms with E-state index in [0.717, 1.165) is 24.8 Å². The smallest absolute Gasteiger partial charge is 0.266 e. The maximum atomic E-state index is 12.6. The van der Waals surface area contributed by atoms with E-state index in [9.17, 15) is 9.90 Å². The summed E-state index contributed by atoms with van der Waals surface area (Å²) in [5.74, 6) is 0.00635. The van der Waals surface area contributed by atoms with Crippen LogP contribution in [-0.4, -0.2) is 40.6 Å². The fourth-order valence-electron chi connectivity index (χ4n) is 3.07. The van der Waals surface area contributed by atoms with E-state index < -0.39 is 0 Å². The standard InChI is InChI=1S/C16H20N2O3S/c1-2-16(10-19)5-7-18(8-6-16)14(20)11-3-4-12-13(9-11)21-15(22)17-12/h3-4,9,19H,2,5-8,10H2,1H3,(H,17,22). The molecule has 0 atom stereocenters. The number of aromatic amines is 1. The third kappa shape index (κ3) is 2.68. The van der Waals surface area contributed by atoms with Crippen LogP contribution in [0.5, 0.6) is 0 Å². The molecule has 2 heterocycles. The molecule has 0 saturated carbocycles. The number of rotatable bonds is 3. The SMILES string of the molecule is CCC1(CO)CCN(C(=O)c2ccc3[nH]c(=S)oc3c2)CC1. The number of carbonyl (C=O) groups excluding carboxylic acids is 1. The molecule has 1 amide bonds. The van der Waals surface area contributed by atoms with Gasteiger partial charge < -0.3 is 19.4 Å². The first kappa shape index (κ1) is 15.2. The number of nitrogens with zero attached hydrogens (tertiary/aromatic N) is 1. The molecule has 0 aliphatic carbocycles. The van der Waals surface area contributed by atoms with Crippen molar-refractivity contribution in [3.8, 4) is 0 Å². The minimum Gasteiger partial charge on any atom is -0.429 e. The molecule has 1 aromatic heterocycles. The number of aromatic nitrogens is 1. The van der Waals surface area contributed by atoms with E-state index in [1.54, 1.807) is 12.1 Å². The zero-order valence-electron chi connectivity index (χ0n) is 12.6. The Balaban J connectivity index is 1.77. The van der Waals surface area contributed by atoms with Crippen molar-refractivity contribution in [2.24, 2.45) is 5.41 Å². The fraction of sp³-hybridized carbons (Fsp3) is 0.500. The summed E-state index contributed by atoms with van der Waals surface area (Å²) in [7, 11) is 0. The van der Waals surface area contributed by atoms with Crippen LogP contribution < -0.4 is 0 Å². The Morgan fingerprint density at radius 3 is 2.82 bits per heavy atom. The molecule has 1 aliphatic rings. The topological polar surface area (TPSA) is 69.5 Å². The predicted octanol–water partition coefficient (Wildman–Crippen LogP) is 3.12. The minimum atomic E-state index is -0.0199. The van der Waals surface area contributed by atoms with Gasteiger partial charge in [0.2, 0.25) is 0 Å². The zero-order chi connectivity index (χ0) is 15.7. The number of nitrogens with one attached hydrogen (secondary N) is 1. The molecule has 6 heteroatoms. The molecule has 118 valence electrons. The molecule has 1 fully saturated rings. The van der Waals surface area contributed by atoms with Crippen molar-refractivity contribution in [1.82, 2.24) is 9.88 Å². The molecule has 1 saturated heterocycles. The molecule has 22 heavy (non-hydrogen) atoms. The Hall–Kier alpha value is -1.66. The second-order valence-electron chi connectivity index (χ2n) is 6.03. The highest BCUT2D eigenvalue weighted by Gasteiger charge is 2.34. The summed E-state index contributed by atoms with van der Waals surface area (Å²) in [6, 6.07) is 5.34. The Kier molecular flexibility index (Phi) is 4.06.